The molecule has 4 aromatic rings. The van der Waals surface area contributed by atoms with Gasteiger partial charge in [0.2, 0.25) is 0 Å². The van der Waals surface area contributed by atoms with Gasteiger partial charge in [0.25, 0.3) is 0 Å². The molecular weight excluding hydrogens is 579 g/mol. The molecule has 0 spiro atoms. The first kappa shape index (κ1) is 34.2. The molecule has 0 saturated carbocycles. The average Bonchev–Trinajstić information content (AvgIpc) is 3.09. The third kappa shape index (κ3) is 5.56. The van der Waals surface area contributed by atoms with E-state index in [1.54, 1.807) is 0 Å². The summed E-state index contributed by atoms with van der Waals surface area (Å²) in [5, 5.41) is 4.05. The van der Waals surface area contributed by atoms with Crippen molar-refractivity contribution in [1.29, 1.82) is 0 Å². The maximum atomic E-state index is 4.03. The van der Waals surface area contributed by atoms with E-state index in [0.717, 1.165) is 0 Å². The number of rotatable bonds is 5. The van der Waals surface area contributed by atoms with Gasteiger partial charge in [0.15, 0.2) is 0 Å². The Morgan fingerprint density at radius 2 is 0.974 bits per heavy atom. The van der Waals surface area contributed by atoms with Crippen molar-refractivity contribution in [3.8, 4) is 11.1 Å². The van der Waals surface area contributed by atoms with Crippen LogP contribution in [0.2, 0.25) is 5.04 Å². The van der Waals surface area contributed by atoms with E-state index in [2.05, 4.69) is 149 Å². The molecule has 1 aliphatic carbocycles. The van der Waals surface area contributed by atoms with Gasteiger partial charge in [-0.25, -0.2) is 5.57 Å². The third-order valence-corrected chi connectivity index (χ3v) is 13.5. The number of halogens is 3. The molecule has 0 bridgehead atoms. The summed E-state index contributed by atoms with van der Waals surface area (Å²) in [6, 6.07) is 42.4. The normalized spacial score (nSPS) is 16.3. The van der Waals surface area contributed by atoms with E-state index < -0.39 is 8.07 Å². The zero-order valence-corrected chi connectivity index (χ0v) is 26.9. The maximum absolute atomic E-state index is 4.03. The van der Waals surface area contributed by atoms with Crippen LogP contribution < -0.4 is 52.8 Å². The average molecular weight is 610 g/mol. The van der Waals surface area contributed by atoms with Crippen LogP contribution in [0.1, 0.15) is 27.7 Å². The molecule has 5 heteroatoms. The summed E-state index contributed by atoms with van der Waals surface area (Å²) >= 11 is 0. The molecule has 0 N–H and O–H groups in total. The molecule has 0 aromatic heterocycles. The number of allylic oxidation sites excluding steroid dienone is 4. The molecule has 0 aliphatic heterocycles. The van der Waals surface area contributed by atoms with Gasteiger partial charge >= 0.3 is 21.7 Å². The molecule has 5 rings (SSSR count). The van der Waals surface area contributed by atoms with E-state index >= 15 is 0 Å². The summed E-state index contributed by atoms with van der Waals surface area (Å²) in [5.74, 6) is 0. The Labute approximate surface area is 262 Å². The van der Waals surface area contributed by atoms with Crippen molar-refractivity contribution in [3.05, 3.63) is 138 Å². The van der Waals surface area contributed by atoms with Crippen LogP contribution in [0.25, 0.3) is 11.1 Å². The van der Waals surface area contributed by atoms with Gasteiger partial charge in [-0.05, 0) is 26.7 Å². The van der Waals surface area contributed by atoms with Crippen LogP contribution in [-0.4, -0.2) is 8.07 Å². The van der Waals surface area contributed by atoms with Gasteiger partial charge in [-0.15, -0.1) is 6.92 Å². The van der Waals surface area contributed by atoms with Crippen LogP contribution in [0.3, 0.4) is 0 Å². The first-order chi connectivity index (χ1) is 16.5. The minimum atomic E-state index is -2.62. The molecule has 0 radical (unpaired) electrons. The van der Waals surface area contributed by atoms with E-state index in [1.807, 2.05) is 0 Å². The van der Waals surface area contributed by atoms with Gasteiger partial charge in [0.1, 0.15) is 8.07 Å². The summed E-state index contributed by atoms with van der Waals surface area (Å²) in [4.78, 5) is 0. The largest absolute Gasteiger partial charge is 4.00 e. The van der Waals surface area contributed by atoms with E-state index in [-0.39, 0.29) is 64.0 Å². The Morgan fingerprint density at radius 1 is 0.553 bits per heavy atom. The quantitative estimate of drug-likeness (QED) is 0.136. The Morgan fingerprint density at radius 3 is 1.42 bits per heavy atom. The number of hydrogen-bond donors (Lipinski definition) is 0. The van der Waals surface area contributed by atoms with E-state index in [9.17, 15) is 0 Å². The molecule has 1 atom stereocenters. The predicted molar refractivity (Wildman–Crippen MR) is 149 cm³/mol. The summed E-state index contributed by atoms with van der Waals surface area (Å²) < 4.78 is 0. The zero-order valence-electron chi connectivity index (χ0n) is 22.1. The molecule has 192 valence electrons. The molecule has 1 unspecified atom stereocenters. The van der Waals surface area contributed by atoms with Crippen LogP contribution in [0.4, 0.5) is 0 Å². The van der Waals surface area contributed by atoms with Gasteiger partial charge in [0.05, 0.1) is 0 Å². The molecule has 4 aromatic carbocycles. The first-order valence-corrected chi connectivity index (χ1v) is 14.1. The van der Waals surface area contributed by atoms with E-state index in [4.69, 9.17) is 0 Å². The van der Waals surface area contributed by atoms with Crippen molar-refractivity contribution in [2.75, 3.05) is 0 Å². The van der Waals surface area contributed by atoms with Gasteiger partial charge in [0, 0.05) is 0 Å². The van der Waals surface area contributed by atoms with Crippen LogP contribution in [0.5, 0.6) is 0 Å². The number of hydrogen-bond acceptors (Lipinski definition) is 0. The number of benzene rings is 4. The van der Waals surface area contributed by atoms with Crippen LogP contribution >= 0.6 is 0 Å². The minimum absolute atomic E-state index is 0. The Kier molecular flexibility index (Phi) is 12.6. The van der Waals surface area contributed by atoms with Crippen molar-refractivity contribution in [2.45, 2.75) is 32.7 Å². The second-order valence-corrected chi connectivity index (χ2v) is 13.8. The maximum Gasteiger partial charge on any atom is 4.00 e. The van der Waals surface area contributed by atoms with Gasteiger partial charge < -0.3 is 37.2 Å². The fourth-order valence-electron chi connectivity index (χ4n) is 5.90. The third-order valence-electron chi connectivity index (χ3n) is 7.88. The molecule has 0 fully saturated rings. The summed E-state index contributed by atoms with van der Waals surface area (Å²) in [6.07, 6.45) is 4.03. The fraction of sp³-hybridized carbons (Fsp3) is 0.152. The molecule has 0 heterocycles. The van der Waals surface area contributed by atoms with E-state index in [0.29, 0.717) is 0 Å². The monoisotopic (exact) mass is 608 g/mol. The van der Waals surface area contributed by atoms with Gasteiger partial charge in [-0.1, -0.05) is 141 Å². The minimum Gasteiger partial charge on any atom is -1.00 e. The fourth-order valence-corrected chi connectivity index (χ4v) is 11.9. The predicted octanol–water partition coefficient (Wildman–Crippen LogP) is -2.31. The molecule has 0 amide bonds. The van der Waals surface area contributed by atoms with Crippen LogP contribution in [-0.2, 0) is 21.7 Å². The Bertz CT molecular complexity index is 1350. The van der Waals surface area contributed by atoms with Gasteiger partial charge in [-0.3, -0.25) is 6.08 Å². The molecule has 38 heavy (non-hydrogen) atoms. The Hall–Kier alpha value is -1.84. The smallest absolute Gasteiger partial charge is 1.00 e. The topological polar surface area (TPSA) is 0 Å². The van der Waals surface area contributed by atoms with E-state index in [1.165, 1.54) is 43.4 Å². The molecule has 0 nitrogen and oxygen atoms in total. The molecule has 1 aliphatic rings. The summed E-state index contributed by atoms with van der Waals surface area (Å²) in [7, 11) is -2.62. The summed E-state index contributed by atoms with van der Waals surface area (Å²) in [5.41, 5.74) is 6.62. The zero-order chi connectivity index (χ0) is 23.8. The van der Waals surface area contributed by atoms with Crippen molar-refractivity contribution in [2.24, 2.45) is 0 Å². The van der Waals surface area contributed by atoms with Crippen molar-refractivity contribution in [3.63, 3.8) is 0 Å². The van der Waals surface area contributed by atoms with Crippen molar-refractivity contribution >= 4 is 23.6 Å². The first-order valence-electron chi connectivity index (χ1n) is 12.1. The molecular formula is C33H31Cl3SiTi. The Balaban J connectivity index is 0.00000180. The van der Waals surface area contributed by atoms with Crippen LogP contribution in [0.15, 0.2) is 132 Å². The van der Waals surface area contributed by atoms with Crippen molar-refractivity contribution < 1.29 is 58.9 Å². The summed E-state index contributed by atoms with van der Waals surface area (Å²) in [6.45, 7) is 9.25. The second kappa shape index (κ2) is 14.0. The van der Waals surface area contributed by atoms with Crippen LogP contribution in [0, 0.1) is 6.08 Å². The second-order valence-electron chi connectivity index (χ2n) is 9.55. The SMILES string of the molecule is CC1=[C-]C(C)([Si](c2ccccc2)(c2ccccc2)c2cccc(-c3ccccc3)c2)C(C)=C1C.[Cl-].[Cl-].[Cl-].[Ti+4]. The molecule has 0 saturated heterocycles. The van der Waals surface area contributed by atoms with Crippen molar-refractivity contribution in [1.82, 2.24) is 0 Å². The standard InChI is InChI=1S/C33H31Si.3ClH.Ti/c1-25-24-33(4,27(3)26(25)2)34(30-18-10-6-11-19-30,31-20-12-7-13-21-31)32-22-14-17-29(23-32)28-15-8-5-9-16-28;;;;/h5-23H,1-4H3;3*1H;/q-1;;;;+4/p-3. The van der Waals surface area contributed by atoms with Gasteiger partial charge in [-0.2, -0.15) is 11.1 Å².